The molecule has 4 rings (SSSR count). The van der Waals surface area contributed by atoms with E-state index < -0.39 is 0 Å². The van der Waals surface area contributed by atoms with Crippen LogP contribution in [0.2, 0.25) is 0 Å². The van der Waals surface area contributed by atoms with E-state index in [2.05, 4.69) is 55.1 Å². The maximum Gasteiger partial charge on any atom is 0.145 e. The molecule has 0 spiro atoms. The minimum atomic E-state index is -0.00329. The van der Waals surface area contributed by atoms with Gasteiger partial charge in [0.25, 0.3) is 0 Å². The summed E-state index contributed by atoms with van der Waals surface area (Å²) in [6.45, 7) is 7.07. The zero-order valence-corrected chi connectivity index (χ0v) is 21.2. The van der Waals surface area contributed by atoms with Crippen molar-refractivity contribution in [1.82, 2.24) is 0 Å². The predicted molar refractivity (Wildman–Crippen MR) is 139 cm³/mol. The number of rotatable bonds is 12. The van der Waals surface area contributed by atoms with Crippen molar-refractivity contribution in [3.05, 3.63) is 53.6 Å². The summed E-state index contributed by atoms with van der Waals surface area (Å²) in [6, 6.07) is 15.1. The number of benzene rings is 2. The second-order valence-electron chi connectivity index (χ2n) is 10.2. The number of nitrogens with zero attached hydrogens (tertiary/aromatic N) is 1. The Morgan fingerprint density at radius 2 is 1.76 bits per heavy atom. The highest BCUT2D eigenvalue weighted by Gasteiger charge is 2.25. The molecule has 1 heterocycles. The van der Waals surface area contributed by atoms with Crippen molar-refractivity contribution in [2.75, 3.05) is 31.7 Å². The van der Waals surface area contributed by atoms with Crippen molar-refractivity contribution in [3.63, 3.8) is 0 Å². The van der Waals surface area contributed by atoms with Gasteiger partial charge in [0.2, 0.25) is 0 Å². The van der Waals surface area contributed by atoms with Crippen LogP contribution in [0.3, 0.4) is 0 Å². The van der Waals surface area contributed by atoms with Gasteiger partial charge in [-0.05, 0) is 67.2 Å². The van der Waals surface area contributed by atoms with Crippen molar-refractivity contribution < 1.29 is 14.3 Å². The van der Waals surface area contributed by atoms with Crippen LogP contribution >= 0.6 is 0 Å². The third-order valence-corrected chi connectivity index (χ3v) is 7.59. The van der Waals surface area contributed by atoms with Crippen LogP contribution in [0.15, 0.2) is 42.5 Å². The number of methoxy groups -OCH3 is 1. The van der Waals surface area contributed by atoms with E-state index in [1.165, 1.54) is 18.4 Å². The van der Waals surface area contributed by atoms with Gasteiger partial charge >= 0.3 is 0 Å². The largest absolute Gasteiger partial charge is 0.494 e. The highest BCUT2D eigenvalue weighted by molar-refractivity contribution is 5.85. The number of piperidine rings is 1. The molecule has 0 aromatic heterocycles. The molecule has 34 heavy (non-hydrogen) atoms. The molecule has 1 aliphatic carbocycles. The molecule has 0 radical (unpaired) electrons. The van der Waals surface area contributed by atoms with Gasteiger partial charge in [-0.15, -0.1) is 0 Å². The van der Waals surface area contributed by atoms with Crippen molar-refractivity contribution in [2.24, 2.45) is 5.92 Å². The lowest BCUT2D eigenvalue weighted by molar-refractivity contribution is -0.120. The van der Waals surface area contributed by atoms with Crippen molar-refractivity contribution >= 4 is 11.5 Å². The minimum absolute atomic E-state index is 0.00329. The standard InChI is InChI=1S/C30H41NO3/c1-4-5-6-7-29(32)22(2)24-10-12-25(13-11-24)26-16-18-31(19-17-26)28-15-14-27(20-30(28)33-3)34-21-23-8-9-23/h10-15,20,22-23,26H,4-9,16-19,21H2,1-3H3. The summed E-state index contributed by atoms with van der Waals surface area (Å²) in [7, 11) is 1.74. The molecule has 4 nitrogen and oxygen atoms in total. The third-order valence-electron chi connectivity index (χ3n) is 7.59. The van der Waals surface area contributed by atoms with E-state index in [1.54, 1.807) is 7.11 Å². The SMILES string of the molecule is CCCCCC(=O)C(C)c1ccc(C2CCN(c3ccc(OCC4CC4)cc3OC)CC2)cc1. The Morgan fingerprint density at radius 3 is 2.41 bits per heavy atom. The van der Waals surface area contributed by atoms with Gasteiger partial charge in [0.15, 0.2) is 0 Å². The van der Waals surface area contributed by atoms with Crippen LogP contribution in [0.4, 0.5) is 5.69 Å². The lowest BCUT2D eigenvalue weighted by atomic mass is 9.86. The molecule has 184 valence electrons. The molecular formula is C30H41NO3. The third kappa shape index (κ3) is 6.34. The van der Waals surface area contributed by atoms with E-state index in [-0.39, 0.29) is 5.92 Å². The van der Waals surface area contributed by atoms with Crippen molar-refractivity contribution in [2.45, 2.75) is 77.0 Å². The predicted octanol–water partition coefficient (Wildman–Crippen LogP) is 7.12. The van der Waals surface area contributed by atoms with Crippen molar-refractivity contribution in [1.29, 1.82) is 0 Å². The number of Topliss-reactive ketones (excluding diaryl/α,β-unsaturated/α-hetero) is 1. The quantitative estimate of drug-likeness (QED) is 0.314. The van der Waals surface area contributed by atoms with Crippen LogP contribution in [0.5, 0.6) is 11.5 Å². The highest BCUT2D eigenvalue weighted by atomic mass is 16.5. The average molecular weight is 464 g/mol. The first-order chi connectivity index (χ1) is 16.6. The summed E-state index contributed by atoms with van der Waals surface area (Å²) in [4.78, 5) is 14.9. The van der Waals surface area contributed by atoms with Gasteiger partial charge < -0.3 is 14.4 Å². The molecule has 1 saturated heterocycles. The van der Waals surface area contributed by atoms with Gasteiger partial charge in [-0.3, -0.25) is 4.79 Å². The van der Waals surface area contributed by atoms with E-state index in [1.807, 2.05) is 6.07 Å². The molecule has 1 aliphatic heterocycles. The number of hydrogen-bond donors (Lipinski definition) is 0. The second kappa shape index (κ2) is 11.8. The van der Waals surface area contributed by atoms with Crippen LogP contribution < -0.4 is 14.4 Å². The van der Waals surface area contributed by atoms with E-state index in [9.17, 15) is 4.79 Å². The summed E-state index contributed by atoms with van der Waals surface area (Å²) < 4.78 is 11.6. The van der Waals surface area contributed by atoms with Gasteiger partial charge in [-0.1, -0.05) is 51.0 Å². The first kappa shape index (κ1) is 24.6. The van der Waals surface area contributed by atoms with Crippen LogP contribution in [0.25, 0.3) is 0 Å². The molecule has 1 atom stereocenters. The first-order valence-electron chi connectivity index (χ1n) is 13.3. The molecule has 2 aromatic rings. The zero-order chi connectivity index (χ0) is 23.9. The summed E-state index contributed by atoms with van der Waals surface area (Å²) in [6.07, 6.45) is 8.83. The highest BCUT2D eigenvalue weighted by Crippen LogP contribution is 2.38. The summed E-state index contributed by atoms with van der Waals surface area (Å²) in [5.74, 6) is 3.47. The molecular weight excluding hydrogens is 422 g/mol. The van der Waals surface area contributed by atoms with Gasteiger partial charge in [0, 0.05) is 31.5 Å². The van der Waals surface area contributed by atoms with Crippen LogP contribution in [-0.4, -0.2) is 32.6 Å². The number of anilines is 1. The van der Waals surface area contributed by atoms with Gasteiger partial charge in [0.05, 0.1) is 19.4 Å². The fourth-order valence-electron chi connectivity index (χ4n) is 4.97. The Bertz CT molecular complexity index is 927. The lowest BCUT2D eigenvalue weighted by Gasteiger charge is -2.34. The number of unbranched alkanes of at least 4 members (excludes halogenated alkanes) is 2. The van der Waals surface area contributed by atoms with Crippen LogP contribution in [-0.2, 0) is 4.79 Å². The number of carbonyl (C=O) groups is 1. The number of ketones is 1. The number of ether oxygens (including phenoxy) is 2. The number of hydrogen-bond acceptors (Lipinski definition) is 4. The van der Waals surface area contributed by atoms with E-state index in [0.29, 0.717) is 18.1 Å². The Labute approximate surface area is 205 Å². The molecule has 2 fully saturated rings. The summed E-state index contributed by atoms with van der Waals surface area (Å²) >= 11 is 0. The number of carbonyl (C=O) groups excluding carboxylic acids is 1. The molecule has 2 aliphatic rings. The molecule has 1 saturated carbocycles. The summed E-state index contributed by atoms with van der Waals surface area (Å²) in [5.41, 5.74) is 3.70. The minimum Gasteiger partial charge on any atom is -0.494 e. The molecule has 0 N–H and O–H groups in total. The van der Waals surface area contributed by atoms with E-state index in [0.717, 1.165) is 80.5 Å². The lowest BCUT2D eigenvalue weighted by Crippen LogP contribution is -2.33. The fraction of sp³-hybridized carbons (Fsp3) is 0.567. The van der Waals surface area contributed by atoms with Gasteiger partial charge in [-0.2, -0.15) is 0 Å². The Kier molecular flexibility index (Phi) is 8.53. The van der Waals surface area contributed by atoms with Gasteiger partial charge in [0.1, 0.15) is 17.3 Å². The summed E-state index contributed by atoms with van der Waals surface area (Å²) in [5, 5.41) is 0. The van der Waals surface area contributed by atoms with Crippen molar-refractivity contribution in [3.8, 4) is 11.5 Å². The average Bonchev–Trinajstić information content (AvgIpc) is 3.72. The van der Waals surface area contributed by atoms with E-state index >= 15 is 0 Å². The Morgan fingerprint density at radius 1 is 1.03 bits per heavy atom. The fourth-order valence-corrected chi connectivity index (χ4v) is 4.97. The maximum atomic E-state index is 12.5. The van der Waals surface area contributed by atoms with Gasteiger partial charge in [-0.25, -0.2) is 0 Å². The Hall–Kier alpha value is -2.49. The normalized spacial score (nSPS) is 17.4. The second-order valence-corrected chi connectivity index (χ2v) is 10.2. The molecule has 1 unspecified atom stereocenters. The Balaban J connectivity index is 1.31. The molecule has 2 aromatic carbocycles. The molecule has 0 bridgehead atoms. The maximum absolute atomic E-state index is 12.5. The zero-order valence-electron chi connectivity index (χ0n) is 21.2. The monoisotopic (exact) mass is 463 g/mol. The van der Waals surface area contributed by atoms with Crippen LogP contribution in [0, 0.1) is 5.92 Å². The first-order valence-corrected chi connectivity index (χ1v) is 13.3. The smallest absolute Gasteiger partial charge is 0.145 e. The van der Waals surface area contributed by atoms with Crippen LogP contribution in [0.1, 0.15) is 88.2 Å². The molecule has 0 amide bonds. The topological polar surface area (TPSA) is 38.8 Å². The molecule has 4 heteroatoms. The van der Waals surface area contributed by atoms with E-state index in [4.69, 9.17) is 9.47 Å².